The molecule has 10 rings (SSSR count). The largest absolute Gasteiger partial charge is 0.208 e. The summed E-state index contributed by atoms with van der Waals surface area (Å²) >= 11 is 1.83. The highest BCUT2D eigenvalue weighted by Gasteiger charge is 2.37. The van der Waals surface area contributed by atoms with Crippen LogP contribution in [0.4, 0.5) is 0 Å². The minimum Gasteiger partial charge on any atom is -0.208 e. The lowest BCUT2D eigenvalue weighted by Gasteiger charge is -2.21. The highest BCUT2D eigenvalue weighted by Crippen LogP contribution is 2.52. The smallest absolute Gasteiger partial charge is 0.164 e. The van der Waals surface area contributed by atoms with E-state index in [9.17, 15) is 0 Å². The lowest BCUT2D eigenvalue weighted by atomic mass is 9.82. The molecule has 7 aromatic carbocycles. The Labute approximate surface area is 343 Å². The van der Waals surface area contributed by atoms with Gasteiger partial charge in [-0.2, -0.15) is 0 Å². The van der Waals surface area contributed by atoms with Crippen LogP contribution in [0.15, 0.2) is 189 Å². The Bertz CT molecular complexity index is 3010. The number of rotatable bonds is 8. The van der Waals surface area contributed by atoms with E-state index in [2.05, 4.69) is 190 Å². The molecule has 3 nitrogen and oxygen atoms in total. The lowest BCUT2D eigenvalue weighted by Crippen LogP contribution is -2.14. The first-order valence-corrected chi connectivity index (χ1v) is 20.5. The number of hydrogen-bond donors (Lipinski definition) is 0. The third kappa shape index (κ3) is 6.10. The van der Waals surface area contributed by atoms with Gasteiger partial charge in [0.1, 0.15) is 0 Å². The minimum absolute atomic E-state index is 0.141. The van der Waals surface area contributed by atoms with Crippen LogP contribution >= 0.6 is 11.3 Å². The molecule has 0 aliphatic heterocycles. The fourth-order valence-electron chi connectivity index (χ4n) is 8.44. The lowest BCUT2D eigenvalue weighted by molar-refractivity contribution is 0.660. The molecule has 276 valence electrons. The van der Waals surface area contributed by atoms with Crippen molar-refractivity contribution in [2.75, 3.05) is 0 Å². The topological polar surface area (TPSA) is 38.7 Å². The van der Waals surface area contributed by atoms with Crippen LogP contribution in [0.25, 0.3) is 94.1 Å². The first-order chi connectivity index (χ1) is 28.5. The zero-order valence-corrected chi connectivity index (χ0v) is 33.2. The Balaban J connectivity index is 1.11. The molecule has 0 saturated carbocycles. The molecule has 9 aromatic rings. The van der Waals surface area contributed by atoms with E-state index >= 15 is 0 Å². The van der Waals surface area contributed by atoms with E-state index in [1.807, 2.05) is 29.6 Å². The number of aromatic nitrogens is 3. The number of fused-ring (bicyclic) bond motifs is 4. The molecule has 0 unspecified atom stereocenters. The molecule has 2 aromatic heterocycles. The van der Waals surface area contributed by atoms with E-state index in [1.54, 1.807) is 0 Å². The average molecular weight is 762 g/mol. The van der Waals surface area contributed by atoms with E-state index < -0.39 is 0 Å². The number of thiophene rings is 1. The standard InChI is InChI=1S/C54H39N3S/c1-4-5-20-42-43-23-14-22-41(37-18-10-7-11-19-37)50(43)58-49(42)38-29-33-40(34-30-38)52-55-51(39-31-27-36(28-32-39)35-16-8-6-9-17-35)56-53(57-52)45-24-15-26-47-48(45)44-21-12-13-25-46(44)54(47,2)3/h4-34H,1H2,2-3H3/b20-5-. The summed E-state index contributed by atoms with van der Waals surface area (Å²) in [4.78, 5) is 16.9. The summed E-state index contributed by atoms with van der Waals surface area (Å²) in [5.74, 6) is 1.94. The Morgan fingerprint density at radius 1 is 0.466 bits per heavy atom. The number of nitrogens with zero attached hydrogens (tertiary/aromatic N) is 3. The molecule has 2 heterocycles. The van der Waals surface area contributed by atoms with Gasteiger partial charge in [-0.15, -0.1) is 11.3 Å². The maximum absolute atomic E-state index is 5.26. The molecular weight excluding hydrogens is 723 g/mol. The summed E-state index contributed by atoms with van der Waals surface area (Å²) in [6.07, 6.45) is 6.04. The summed E-state index contributed by atoms with van der Waals surface area (Å²) < 4.78 is 1.27. The fourth-order valence-corrected chi connectivity index (χ4v) is 9.77. The second-order valence-electron chi connectivity index (χ2n) is 15.2. The first kappa shape index (κ1) is 35.4. The third-order valence-corrected chi connectivity index (χ3v) is 12.7. The van der Waals surface area contributed by atoms with Crippen LogP contribution in [-0.2, 0) is 5.41 Å². The number of benzene rings is 7. The quantitative estimate of drug-likeness (QED) is 0.145. The van der Waals surface area contributed by atoms with E-state index in [1.165, 1.54) is 59.5 Å². The Hall–Kier alpha value is -7.01. The molecule has 0 spiro atoms. The van der Waals surface area contributed by atoms with Crippen molar-refractivity contribution in [1.82, 2.24) is 15.0 Å². The van der Waals surface area contributed by atoms with Gasteiger partial charge < -0.3 is 0 Å². The Kier molecular flexibility index (Phi) is 8.85. The van der Waals surface area contributed by atoms with Gasteiger partial charge >= 0.3 is 0 Å². The zero-order valence-electron chi connectivity index (χ0n) is 32.4. The van der Waals surface area contributed by atoms with Gasteiger partial charge in [0.2, 0.25) is 0 Å². The van der Waals surface area contributed by atoms with Crippen LogP contribution < -0.4 is 0 Å². The van der Waals surface area contributed by atoms with Crippen LogP contribution in [0.1, 0.15) is 30.5 Å². The highest BCUT2D eigenvalue weighted by atomic mass is 32.1. The maximum atomic E-state index is 5.26. The Morgan fingerprint density at radius 2 is 0.983 bits per heavy atom. The molecule has 4 heteroatoms. The van der Waals surface area contributed by atoms with Crippen molar-refractivity contribution in [3.63, 3.8) is 0 Å². The van der Waals surface area contributed by atoms with Gasteiger partial charge in [0.15, 0.2) is 17.5 Å². The second kappa shape index (κ2) is 14.5. The van der Waals surface area contributed by atoms with Crippen molar-refractivity contribution in [2.45, 2.75) is 19.3 Å². The van der Waals surface area contributed by atoms with Crippen molar-refractivity contribution >= 4 is 27.5 Å². The van der Waals surface area contributed by atoms with Gasteiger partial charge in [0, 0.05) is 42.6 Å². The molecule has 0 atom stereocenters. The molecular formula is C54H39N3S. The van der Waals surface area contributed by atoms with Crippen LogP contribution in [0.2, 0.25) is 0 Å². The zero-order chi connectivity index (χ0) is 39.2. The van der Waals surface area contributed by atoms with Gasteiger partial charge in [-0.1, -0.05) is 209 Å². The van der Waals surface area contributed by atoms with Crippen LogP contribution in [-0.4, -0.2) is 15.0 Å². The van der Waals surface area contributed by atoms with Crippen molar-refractivity contribution in [3.05, 3.63) is 205 Å². The van der Waals surface area contributed by atoms with Gasteiger partial charge in [-0.05, 0) is 50.1 Å². The monoisotopic (exact) mass is 761 g/mol. The minimum atomic E-state index is -0.141. The van der Waals surface area contributed by atoms with Crippen LogP contribution in [0.5, 0.6) is 0 Å². The second-order valence-corrected chi connectivity index (χ2v) is 16.2. The number of allylic oxidation sites excluding steroid dienone is 2. The fraction of sp³-hybridized carbons (Fsp3) is 0.0556. The first-order valence-electron chi connectivity index (χ1n) is 19.6. The van der Waals surface area contributed by atoms with Gasteiger partial charge in [0.05, 0.1) is 0 Å². The molecule has 0 bridgehead atoms. The molecule has 1 aliphatic carbocycles. The van der Waals surface area contributed by atoms with E-state index in [-0.39, 0.29) is 5.41 Å². The van der Waals surface area contributed by atoms with Crippen molar-refractivity contribution in [2.24, 2.45) is 0 Å². The van der Waals surface area contributed by atoms with Crippen molar-refractivity contribution in [1.29, 1.82) is 0 Å². The normalized spacial score (nSPS) is 12.8. The molecule has 0 N–H and O–H groups in total. The van der Waals surface area contributed by atoms with Crippen molar-refractivity contribution in [3.8, 4) is 78.0 Å². The molecule has 58 heavy (non-hydrogen) atoms. The highest BCUT2D eigenvalue weighted by molar-refractivity contribution is 7.23. The van der Waals surface area contributed by atoms with Gasteiger partial charge in [0.25, 0.3) is 0 Å². The third-order valence-electron chi connectivity index (χ3n) is 11.4. The maximum Gasteiger partial charge on any atom is 0.164 e. The summed E-state index contributed by atoms with van der Waals surface area (Å²) in [7, 11) is 0. The van der Waals surface area contributed by atoms with Crippen LogP contribution in [0, 0.1) is 0 Å². The van der Waals surface area contributed by atoms with E-state index in [4.69, 9.17) is 15.0 Å². The Morgan fingerprint density at radius 3 is 1.67 bits per heavy atom. The molecule has 0 fully saturated rings. The summed E-state index contributed by atoms with van der Waals surface area (Å²) in [5.41, 5.74) is 14.9. The average Bonchev–Trinajstić information content (AvgIpc) is 3.78. The number of hydrogen-bond acceptors (Lipinski definition) is 4. The summed E-state index contributed by atoms with van der Waals surface area (Å²) in [6, 6.07) is 60.2. The molecule has 0 radical (unpaired) electrons. The summed E-state index contributed by atoms with van der Waals surface area (Å²) in [6.45, 7) is 8.57. The molecule has 1 aliphatic rings. The van der Waals surface area contributed by atoms with Crippen LogP contribution in [0.3, 0.4) is 0 Å². The molecule has 0 amide bonds. The summed E-state index contributed by atoms with van der Waals surface area (Å²) in [5, 5.41) is 1.23. The predicted molar refractivity (Wildman–Crippen MR) is 245 cm³/mol. The van der Waals surface area contributed by atoms with Gasteiger partial charge in [-0.25, -0.2) is 15.0 Å². The molecule has 0 saturated heterocycles. The van der Waals surface area contributed by atoms with E-state index in [0.29, 0.717) is 17.5 Å². The predicted octanol–water partition coefficient (Wildman–Crippen LogP) is 14.6. The van der Waals surface area contributed by atoms with Crippen molar-refractivity contribution < 1.29 is 0 Å². The SMILES string of the molecule is C=C/C=C\c1c(-c2ccc(-c3nc(-c4ccc(-c5ccccc5)cc4)nc(-c4cccc5c4-c4ccccc4C5(C)C)n3)cc2)sc2c(-c3ccccc3)cccc12. The van der Waals surface area contributed by atoms with Gasteiger partial charge in [-0.3, -0.25) is 0 Å². The van der Waals surface area contributed by atoms with E-state index in [0.717, 1.165) is 27.8 Å².